The van der Waals surface area contributed by atoms with Crippen molar-refractivity contribution in [2.75, 3.05) is 48.5 Å². The molecule has 168 valence electrons. The summed E-state index contributed by atoms with van der Waals surface area (Å²) in [6.07, 6.45) is 1.13. The molecule has 0 heterocycles. The van der Waals surface area contributed by atoms with Crippen molar-refractivity contribution in [2.45, 2.75) is 39.8 Å². The van der Waals surface area contributed by atoms with Gasteiger partial charge in [-0.15, -0.1) is 24.0 Å². The molecule has 1 aromatic carbocycles. The van der Waals surface area contributed by atoms with Crippen molar-refractivity contribution in [1.29, 1.82) is 0 Å². The van der Waals surface area contributed by atoms with Crippen LogP contribution in [0.4, 0.5) is 0 Å². The molecule has 0 aromatic heterocycles. The Morgan fingerprint density at radius 3 is 2.03 bits per heavy atom. The van der Waals surface area contributed by atoms with E-state index < -0.39 is 0 Å². The van der Waals surface area contributed by atoms with Gasteiger partial charge in [-0.2, -0.15) is 0 Å². The Bertz CT molecular complexity index is 599. The highest BCUT2D eigenvalue weighted by Gasteiger charge is 2.15. The van der Waals surface area contributed by atoms with Gasteiger partial charge >= 0.3 is 0 Å². The topological polar surface area (TPSA) is 67.4 Å². The largest absolute Gasteiger partial charge is 0.493 e. The summed E-state index contributed by atoms with van der Waals surface area (Å²) in [7, 11) is 9.07. The van der Waals surface area contributed by atoms with Gasteiger partial charge in [-0.05, 0) is 51.1 Å². The van der Waals surface area contributed by atoms with E-state index in [1.54, 1.807) is 21.3 Å². The number of nitrogens with one attached hydrogen (secondary N) is 2. The fourth-order valence-corrected chi connectivity index (χ4v) is 2.97. The highest BCUT2D eigenvalue weighted by Crippen LogP contribution is 2.38. The number of aliphatic imine (C=N–C) groups is 1. The minimum Gasteiger partial charge on any atom is -0.493 e. The van der Waals surface area contributed by atoms with Gasteiger partial charge in [0.2, 0.25) is 5.75 Å². The third-order valence-corrected chi connectivity index (χ3v) is 4.47. The quantitative estimate of drug-likeness (QED) is 0.264. The van der Waals surface area contributed by atoms with Gasteiger partial charge in [0.1, 0.15) is 0 Å². The van der Waals surface area contributed by atoms with Gasteiger partial charge < -0.3 is 29.7 Å². The molecule has 0 saturated heterocycles. The fourth-order valence-electron chi connectivity index (χ4n) is 2.97. The van der Waals surface area contributed by atoms with Gasteiger partial charge in [0, 0.05) is 19.1 Å². The molecular formula is C21H39IN4O3. The number of rotatable bonds is 11. The molecule has 1 rings (SSSR count). The summed E-state index contributed by atoms with van der Waals surface area (Å²) in [6, 6.07) is 4.30. The lowest BCUT2D eigenvalue weighted by atomic mass is 10.0. The zero-order valence-corrected chi connectivity index (χ0v) is 21.5. The van der Waals surface area contributed by atoms with Crippen LogP contribution in [0.15, 0.2) is 17.1 Å². The van der Waals surface area contributed by atoms with E-state index in [-0.39, 0.29) is 24.0 Å². The lowest BCUT2D eigenvalue weighted by Crippen LogP contribution is -2.45. The summed E-state index contributed by atoms with van der Waals surface area (Å²) < 4.78 is 16.2. The second-order valence-electron chi connectivity index (χ2n) is 7.36. The molecule has 1 aromatic rings. The fraction of sp³-hybridized carbons (Fsp3) is 0.667. The van der Waals surface area contributed by atoms with Crippen molar-refractivity contribution in [1.82, 2.24) is 15.5 Å². The highest BCUT2D eigenvalue weighted by atomic mass is 127. The Hall–Kier alpha value is -1.42. The first-order valence-electron chi connectivity index (χ1n) is 9.83. The van der Waals surface area contributed by atoms with Gasteiger partial charge in [0.25, 0.3) is 0 Å². The SMILES string of the molecule is CCNC(=NCc1cc(OC)c(OC)c(OC)c1)NCC(CC(C)C)N(C)C.I. The Morgan fingerprint density at radius 2 is 1.62 bits per heavy atom. The van der Waals surface area contributed by atoms with Crippen LogP contribution < -0.4 is 24.8 Å². The van der Waals surface area contributed by atoms with Crippen LogP contribution in [0.5, 0.6) is 17.2 Å². The van der Waals surface area contributed by atoms with Crippen molar-refractivity contribution in [3.63, 3.8) is 0 Å². The van der Waals surface area contributed by atoms with Crippen LogP contribution in [0.3, 0.4) is 0 Å². The summed E-state index contributed by atoms with van der Waals surface area (Å²) in [6.45, 7) is 8.71. The molecule has 0 spiro atoms. The number of benzene rings is 1. The monoisotopic (exact) mass is 522 g/mol. The average molecular weight is 522 g/mol. The first-order chi connectivity index (χ1) is 13.4. The Labute approximate surface area is 193 Å². The second kappa shape index (κ2) is 14.5. The van der Waals surface area contributed by atoms with Crippen LogP contribution in [0.2, 0.25) is 0 Å². The molecular weight excluding hydrogens is 483 g/mol. The molecule has 1 atom stereocenters. The maximum atomic E-state index is 5.43. The van der Waals surface area contributed by atoms with Gasteiger partial charge in [-0.25, -0.2) is 4.99 Å². The number of nitrogens with zero attached hydrogens (tertiary/aromatic N) is 2. The van der Waals surface area contributed by atoms with Crippen LogP contribution >= 0.6 is 24.0 Å². The predicted octanol–water partition coefficient (Wildman–Crippen LogP) is 3.36. The number of ether oxygens (including phenoxy) is 3. The summed E-state index contributed by atoms with van der Waals surface area (Å²) in [5, 5.41) is 6.78. The average Bonchev–Trinajstić information content (AvgIpc) is 2.67. The molecule has 7 nitrogen and oxygen atoms in total. The van der Waals surface area contributed by atoms with Crippen LogP contribution in [0.1, 0.15) is 32.8 Å². The van der Waals surface area contributed by atoms with Gasteiger partial charge in [-0.3, -0.25) is 0 Å². The number of guanidine groups is 1. The summed E-state index contributed by atoms with van der Waals surface area (Å²) >= 11 is 0. The first-order valence-corrected chi connectivity index (χ1v) is 9.83. The molecule has 29 heavy (non-hydrogen) atoms. The number of hydrogen-bond donors (Lipinski definition) is 2. The van der Waals surface area contributed by atoms with Crippen molar-refractivity contribution < 1.29 is 14.2 Å². The van der Waals surface area contributed by atoms with Crippen LogP contribution in [-0.4, -0.2) is 65.4 Å². The number of hydrogen-bond acceptors (Lipinski definition) is 5. The smallest absolute Gasteiger partial charge is 0.203 e. The molecule has 0 aliphatic rings. The van der Waals surface area contributed by atoms with Crippen molar-refractivity contribution in [2.24, 2.45) is 10.9 Å². The van der Waals surface area contributed by atoms with Gasteiger partial charge in [-0.1, -0.05) is 13.8 Å². The number of likely N-dealkylation sites (N-methyl/N-ethyl adjacent to an activating group) is 1. The molecule has 0 bridgehead atoms. The Kier molecular flexibility index (Phi) is 13.8. The van der Waals surface area contributed by atoms with E-state index in [0.29, 0.717) is 35.8 Å². The maximum absolute atomic E-state index is 5.43. The highest BCUT2D eigenvalue weighted by molar-refractivity contribution is 14.0. The van der Waals surface area contributed by atoms with Crippen molar-refractivity contribution in [3.8, 4) is 17.2 Å². The van der Waals surface area contributed by atoms with E-state index in [2.05, 4.69) is 50.4 Å². The number of halogens is 1. The van der Waals surface area contributed by atoms with Crippen molar-refractivity contribution >= 4 is 29.9 Å². The Balaban J connectivity index is 0.00000784. The van der Waals surface area contributed by atoms with Gasteiger partial charge in [0.05, 0.1) is 27.9 Å². The molecule has 0 aliphatic heterocycles. The van der Waals surface area contributed by atoms with Crippen LogP contribution in [0, 0.1) is 5.92 Å². The molecule has 1 unspecified atom stereocenters. The van der Waals surface area contributed by atoms with E-state index in [1.807, 2.05) is 12.1 Å². The summed E-state index contributed by atoms with van der Waals surface area (Å²) in [5.41, 5.74) is 0.984. The van der Waals surface area contributed by atoms with Crippen LogP contribution in [-0.2, 0) is 6.54 Å². The zero-order chi connectivity index (χ0) is 21.1. The molecule has 2 N–H and O–H groups in total. The van der Waals surface area contributed by atoms with Crippen LogP contribution in [0.25, 0.3) is 0 Å². The molecule has 0 fully saturated rings. The standard InChI is InChI=1S/C21H38N4O3.HI/c1-9-22-21(24-14-17(25(4)5)10-15(2)3)23-13-16-11-18(26-6)20(28-8)19(12-16)27-7;/h11-12,15,17H,9-10,13-14H2,1-8H3,(H2,22,23,24);1H. The minimum absolute atomic E-state index is 0. The summed E-state index contributed by atoms with van der Waals surface area (Å²) in [4.78, 5) is 6.98. The predicted molar refractivity (Wildman–Crippen MR) is 131 cm³/mol. The second-order valence-corrected chi connectivity index (χ2v) is 7.36. The van der Waals surface area contributed by atoms with E-state index in [9.17, 15) is 0 Å². The lowest BCUT2D eigenvalue weighted by molar-refractivity contribution is 0.254. The van der Waals surface area contributed by atoms with Gasteiger partial charge in [0.15, 0.2) is 17.5 Å². The third kappa shape index (κ3) is 9.29. The molecule has 0 amide bonds. The molecule has 0 radical (unpaired) electrons. The molecule has 0 aliphatic carbocycles. The van der Waals surface area contributed by atoms with E-state index in [0.717, 1.165) is 31.0 Å². The summed E-state index contributed by atoms with van der Waals surface area (Å²) in [5.74, 6) is 3.30. The molecule has 8 heteroatoms. The minimum atomic E-state index is 0. The number of methoxy groups -OCH3 is 3. The third-order valence-electron chi connectivity index (χ3n) is 4.47. The normalized spacial score (nSPS) is 12.4. The Morgan fingerprint density at radius 1 is 1.03 bits per heavy atom. The maximum Gasteiger partial charge on any atom is 0.203 e. The van der Waals surface area contributed by atoms with E-state index in [1.165, 1.54) is 0 Å². The van der Waals surface area contributed by atoms with E-state index >= 15 is 0 Å². The van der Waals surface area contributed by atoms with E-state index in [4.69, 9.17) is 19.2 Å². The van der Waals surface area contributed by atoms with Crippen molar-refractivity contribution in [3.05, 3.63) is 17.7 Å². The first kappa shape index (κ1) is 27.6. The zero-order valence-electron chi connectivity index (χ0n) is 19.2. The molecule has 0 saturated carbocycles. The lowest BCUT2D eigenvalue weighted by Gasteiger charge is -2.27.